The van der Waals surface area contributed by atoms with Crippen LogP contribution in [0.3, 0.4) is 0 Å². The van der Waals surface area contributed by atoms with Gasteiger partial charge in [-0.3, -0.25) is 4.79 Å². The highest BCUT2D eigenvalue weighted by molar-refractivity contribution is 6.36. The molecule has 3 nitrogen and oxygen atoms in total. The molecule has 0 spiro atoms. The fourth-order valence-electron chi connectivity index (χ4n) is 3.19. The molecular weight excluding hydrogens is 350 g/mol. The minimum absolute atomic E-state index is 0.145. The molecule has 0 radical (unpaired) electrons. The molecule has 1 N–H and O–H groups in total. The Labute approximate surface area is 148 Å². The summed E-state index contributed by atoms with van der Waals surface area (Å²) in [7, 11) is 0. The van der Waals surface area contributed by atoms with E-state index in [0.29, 0.717) is 35.1 Å². The molecule has 0 saturated carbocycles. The van der Waals surface area contributed by atoms with Gasteiger partial charge in [0.2, 0.25) is 0 Å². The molecule has 2 heterocycles. The number of hydrogen-bond donors (Lipinski definition) is 1. The second-order valence-electron chi connectivity index (χ2n) is 5.87. The van der Waals surface area contributed by atoms with Gasteiger partial charge in [0.1, 0.15) is 5.82 Å². The molecule has 1 aliphatic heterocycles. The highest BCUT2D eigenvalue weighted by atomic mass is 35.5. The average molecular weight is 363 g/mol. The second kappa shape index (κ2) is 5.80. The number of nitrogens with zero attached hydrogens (tertiary/aromatic N) is 1. The van der Waals surface area contributed by atoms with Gasteiger partial charge >= 0.3 is 0 Å². The molecule has 24 heavy (non-hydrogen) atoms. The van der Waals surface area contributed by atoms with Crippen molar-refractivity contribution in [2.24, 2.45) is 0 Å². The summed E-state index contributed by atoms with van der Waals surface area (Å²) in [6, 6.07) is 9.52. The smallest absolute Gasteiger partial charge is 0.255 e. The monoisotopic (exact) mass is 362 g/mol. The lowest BCUT2D eigenvalue weighted by Gasteiger charge is -2.27. The summed E-state index contributed by atoms with van der Waals surface area (Å²) >= 11 is 12.0. The summed E-state index contributed by atoms with van der Waals surface area (Å²) in [6.07, 6.45) is 0.697. The van der Waals surface area contributed by atoms with Crippen molar-refractivity contribution < 1.29 is 9.18 Å². The zero-order valence-electron chi connectivity index (χ0n) is 12.6. The van der Waals surface area contributed by atoms with Crippen LogP contribution in [0.5, 0.6) is 0 Å². The molecule has 0 aliphatic carbocycles. The van der Waals surface area contributed by atoms with Gasteiger partial charge in [0, 0.05) is 46.7 Å². The van der Waals surface area contributed by atoms with Crippen LogP contribution < -0.4 is 0 Å². The van der Waals surface area contributed by atoms with Gasteiger partial charge in [-0.1, -0.05) is 23.2 Å². The maximum Gasteiger partial charge on any atom is 0.255 e. The average Bonchev–Trinajstić information content (AvgIpc) is 2.91. The number of amides is 1. The number of aromatic amines is 1. The van der Waals surface area contributed by atoms with Gasteiger partial charge in [-0.15, -0.1) is 0 Å². The minimum Gasteiger partial charge on any atom is -0.358 e. The summed E-state index contributed by atoms with van der Waals surface area (Å²) in [5.41, 5.74) is 3.34. The molecular formula is C18H13Cl2FN2O. The normalized spacial score (nSPS) is 14.0. The number of carbonyl (C=O) groups excluding carboxylic acids is 1. The van der Waals surface area contributed by atoms with Crippen LogP contribution in [0.25, 0.3) is 10.9 Å². The van der Waals surface area contributed by atoms with E-state index in [1.165, 1.54) is 12.1 Å². The second-order valence-corrected chi connectivity index (χ2v) is 6.72. The van der Waals surface area contributed by atoms with E-state index in [4.69, 9.17) is 23.2 Å². The summed E-state index contributed by atoms with van der Waals surface area (Å²) in [5, 5.41) is 1.65. The van der Waals surface area contributed by atoms with Crippen molar-refractivity contribution in [3.63, 3.8) is 0 Å². The number of carbonyl (C=O) groups is 1. The Bertz CT molecular complexity index is 967. The standard InChI is InChI=1S/C18H13Cl2FN2O/c19-10-1-3-12(15(20)7-10)18(24)23-6-5-17-14(9-23)13-8-11(21)2-4-16(13)22-17/h1-4,7-8,22H,5-6,9H2. The Kier molecular flexibility index (Phi) is 3.74. The van der Waals surface area contributed by atoms with E-state index < -0.39 is 0 Å². The van der Waals surface area contributed by atoms with Crippen LogP contribution >= 0.6 is 23.2 Å². The van der Waals surface area contributed by atoms with Crippen LogP contribution in [-0.2, 0) is 13.0 Å². The number of H-pyrrole nitrogens is 1. The highest BCUT2D eigenvalue weighted by Gasteiger charge is 2.26. The van der Waals surface area contributed by atoms with E-state index in [-0.39, 0.29) is 11.7 Å². The highest BCUT2D eigenvalue weighted by Crippen LogP contribution is 2.30. The summed E-state index contributed by atoms with van der Waals surface area (Å²) in [6.45, 7) is 1.01. The number of fused-ring (bicyclic) bond motifs is 3. The molecule has 122 valence electrons. The minimum atomic E-state index is -0.284. The molecule has 1 aromatic heterocycles. The lowest BCUT2D eigenvalue weighted by Crippen LogP contribution is -2.35. The van der Waals surface area contributed by atoms with E-state index in [2.05, 4.69) is 4.98 Å². The number of rotatable bonds is 1. The van der Waals surface area contributed by atoms with Crippen LogP contribution in [0.2, 0.25) is 10.0 Å². The molecule has 1 aliphatic rings. The van der Waals surface area contributed by atoms with Gasteiger partial charge in [0.05, 0.1) is 10.6 Å². The molecule has 0 atom stereocenters. The van der Waals surface area contributed by atoms with E-state index in [9.17, 15) is 9.18 Å². The molecule has 6 heteroatoms. The van der Waals surface area contributed by atoms with Crippen molar-refractivity contribution in [2.45, 2.75) is 13.0 Å². The lowest BCUT2D eigenvalue weighted by atomic mass is 10.0. The topological polar surface area (TPSA) is 36.1 Å². The summed E-state index contributed by atoms with van der Waals surface area (Å²) in [4.78, 5) is 17.8. The molecule has 0 bridgehead atoms. The van der Waals surface area contributed by atoms with Gasteiger partial charge < -0.3 is 9.88 Å². The molecule has 0 saturated heterocycles. The van der Waals surface area contributed by atoms with E-state index in [0.717, 1.165) is 22.2 Å². The van der Waals surface area contributed by atoms with Crippen LogP contribution in [0.1, 0.15) is 21.6 Å². The molecule has 1 amide bonds. The SMILES string of the molecule is O=C(c1ccc(Cl)cc1Cl)N1CCc2[nH]c3ccc(F)cc3c2C1. The maximum absolute atomic E-state index is 13.6. The van der Waals surface area contributed by atoms with E-state index in [1.807, 2.05) is 0 Å². The quantitative estimate of drug-likeness (QED) is 0.662. The van der Waals surface area contributed by atoms with Gasteiger partial charge in [0.25, 0.3) is 5.91 Å². The first-order valence-corrected chi connectivity index (χ1v) is 8.32. The van der Waals surface area contributed by atoms with E-state index in [1.54, 1.807) is 29.2 Å². The fraction of sp³-hybridized carbons (Fsp3) is 0.167. The first-order valence-electron chi connectivity index (χ1n) is 7.56. The predicted molar refractivity (Wildman–Crippen MR) is 93.2 cm³/mol. The third kappa shape index (κ3) is 2.56. The van der Waals surface area contributed by atoms with Gasteiger partial charge in [-0.2, -0.15) is 0 Å². The zero-order valence-corrected chi connectivity index (χ0v) is 14.1. The Balaban J connectivity index is 1.69. The predicted octanol–water partition coefficient (Wildman–Crippen LogP) is 4.81. The number of aromatic nitrogens is 1. The Hall–Kier alpha value is -2.04. The molecule has 4 rings (SSSR count). The summed E-state index contributed by atoms with van der Waals surface area (Å²) < 4.78 is 13.6. The zero-order chi connectivity index (χ0) is 16.8. The van der Waals surface area contributed by atoms with Crippen molar-refractivity contribution in [3.8, 4) is 0 Å². The Morgan fingerprint density at radius 3 is 2.79 bits per heavy atom. The Morgan fingerprint density at radius 2 is 2.00 bits per heavy atom. The van der Waals surface area contributed by atoms with Crippen LogP contribution in [0, 0.1) is 5.82 Å². The first kappa shape index (κ1) is 15.5. The van der Waals surface area contributed by atoms with Crippen LogP contribution in [0.15, 0.2) is 36.4 Å². The molecule has 3 aromatic rings. The first-order chi connectivity index (χ1) is 11.5. The third-order valence-corrected chi connectivity index (χ3v) is 4.93. The van der Waals surface area contributed by atoms with Gasteiger partial charge in [0.15, 0.2) is 0 Å². The Morgan fingerprint density at radius 1 is 1.17 bits per heavy atom. The van der Waals surface area contributed by atoms with Crippen molar-refractivity contribution in [1.29, 1.82) is 0 Å². The van der Waals surface area contributed by atoms with Crippen LogP contribution in [0.4, 0.5) is 4.39 Å². The molecule has 2 aromatic carbocycles. The largest absolute Gasteiger partial charge is 0.358 e. The molecule has 0 fully saturated rings. The summed E-state index contributed by atoms with van der Waals surface area (Å²) in [5.74, 6) is -0.429. The van der Waals surface area contributed by atoms with Gasteiger partial charge in [-0.05, 0) is 36.4 Å². The lowest BCUT2D eigenvalue weighted by molar-refractivity contribution is 0.0735. The van der Waals surface area contributed by atoms with Crippen molar-refractivity contribution in [1.82, 2.24) is 9.88 Å². The van der Waals surface area contributed by atoms with Crippen molar-refractivity contribution in [2.75, 3.05) is 6.54 Å². The maximum atomic E-state index is 13.6. The van der Waals surface area contributed by atoms with Gasteiger partial charge in [-0.25, -0.2) is 4.39 Å². The van der Waals surface area contributed by atoms with Crippen molar-refractivity contribution >= 4 is 40.0 Å². The number of benzene rings is 2. The number of halogens is 3. The fourth-order valence-corrected chi connectivity index (χ4v) is 3.68. The van der Waals surface area contributed by atoms with Crippen molar-refractivity contribution in [3.05, 3.63) is 69.1 Å². The number of hydrogen-bond acceptors (Lipinski definition) is 1. The molecule has 0 unspecified atom stereocenters. The van der Waals surface area contributed by atoms with E-state index >= 15 is 0 Å². The van der Waals surface area contributed by atoms with Crippen LogP contribution in [-0.4, -0.2) is 22.3 Å². The number of nitrogens with one attached hydrogen (secondary N) is 1. The third-order valence-electron chi connectivity index (χ3n) is 4.39.